The number of benzene rings is 2. The number of methoxy groups -OCH3 is 2. The molecule has 0 radical (unpaired) electrons. The molecule has 2 aromatic carbocycles. The Labute approximate surface area is 486 Å². The number of aliphatic carboxylic acids is 4. The monoisotopic (exact) mass is 1170 g/mol. The second kappa shape index (κ2) is 35.1. The Morgan fingerprint density at radius 3 is 1.55 bits per heavy atom. The van der Waals surface area contributed by atoms with Crippen LogP contribution in [0.3, 0.4) is 0 Å². The van der Waals surface area contributed by atoms with Crippen LogP contribution in [-0.2, 0) is 47.7 Å². The van der Waals surface area contributed by atoms with Gasteiger partial charge in [0.25, 0.3) is 5.91 Å². The van der Waals surface area contributed by atoms with Gasteiger partial charge >= 0.3 is 23.9 Å². The van der Waals surface area contributed by atoms with Crippen LogP contribution in [0.1, 0.15) is 63.0 Å². The summed E-state index contributed by atoms with van der Waals surface area (Å²) in [5.41, 5.74) is 13.8. The van der Waals surface area contributed by atoms with Gasteiger partial charge in [-0.3, -0.25) is 38.8 Å². The Balaban J connectivity index is 0.000000392. The summed E-state index contributed by atoms with van der Waals surface area (Å²) in [4.78, 5) is 83.1. The largest absolute Gasteiger partial charge is 0.496 e. The Hall–Kier alpha value is -6.29. The predicted molar refractivity (Wildman–Crippen MR) is 310 cm³/mol. The number of hydrogen-bond acceptors (Lipinski definition) is 20. The Morgan fingerprint density at radius 2 is 1.13 bits per heavy atom. The van der Waals surface area contributed by atoms with Crippen molar-refractivity contribution in [3.8, 4) is 11.5 Å². The topological polar surface area (TPSA) is 340 Å². The van der Waals surface area contributed by atoms with Crippen LogP contribution in [0.15, 0.2) is 53.2 Å². The molecule has 5 fully saturated rings. The molecule has 25 heteroatoms. The van der Waals surface area contributed by atoms with Crippen molar-refractivity contribution >= 4 is 53.2 Å². The molecule has 1 aliphatic heterocycles. The highest BCUT2D eigenvalue weighted by molar-refractivity contribution is 6.16. The molecule has 5 aliphatic rings. The van der Waals surface area contributed by atoms with E-state index in [1.165, 1.54) is 6.08 Å². The summed E-state index contributed by atoms with van der Waals surface area (Å²) >= 11 is 0. The number of amides is 1. The Kier molecular flexibility index (Phi) is 28.6. The molecule has 4 saturated carbocycles. The summed E-state index contributed by atoms with van der Waals surface area (Å²) in [6.45, 7) is 12.1. The van der Waals surface area contributed by atoms with Gasteiger partial charge in [-0.25, -0.2) is 9.79 Å². The van der Waals surface area contributed by atoms with E-state index in [2.05, 4.69) is 24.5 Å². The predicted octanol–water partition coefficient (Wildman–Crippen LogP) is 2.28. The molecule has 1 saturated heterocycles. The van der Waals surface area contributed by atoms with Gasteiger partial charge in [0, 0.05) is 71.1 Å². The number of carbonyl (C=O) groups is 6. The summed E-state index contributed by atoms with van der Waals surface area (Å²) in [7, 11) is 3.10. The third-order valence-electron chi connectivity index (χ3n) is 15.5. The first-order valence-electron chi connectivity index (χ1n) is 28.6. The molecule has 0 aromatic heterocycles. The molecule has 7 rings (SSSR count). The van der Waals surface area contributed by atoms with Crippen LogP contribution in [0.4, 0.5) is 11.4 Å². The molecule has 83 heavy (non-hydrogen) atoms. The van der Waals surface area contributed by atoms with Crippen molar-refractivity contribution in [2.24, 2.45) is 40.1 Å². The zero-order chi connectivity index (χ0) is 60.3. The van der Waals surface area contributed by atoms with Crippen molar-refractivity contribution in [3.63, 3.8) is 0 Å². The van der Waals surface area contributed by atoms with E-state index in [0.29, 0.717) is 159 Å². The standard InChI is InChI=1S/C42H61N5O9.C16H28N4O7/c1-27(2)33-25-32(45-11-13-54-15-17-56-19-18-55-16-14-53-12-10-43)8-9-35(33)46-36(39-37(51-3)6-5-7-38(39)52-4)26-34(44)40(48)47-42(41(49)50)30-21-28-20-29(23-30)24-31(42)22-28;21-10-9-17-1-3-18(11-14(22)23)5-7-20(13-16(26)27)8-6-19(4-2-17)12-15(24)25/h5-9,25-31,45H,10-24,43-44H2,1-4H3,(H,47,48)(H,49,50);10H,1-9,11-13H2,(H,22,23)(H,24,25)(H,26,27)/b34-26-,46-36?;. The Bertz CT molecular complexity index is 2400. The molecule has 1 amide bonds. The van der Waals surface area contributed by atoms with Crippen molar-refractivity contribution in [2.45, 2.75) is 57.4 Å². The minimum Gasteiger partial charge on any atom is -0.496 e. The fourth-order valence-electron chi connectivity index (χ4n) is 11.7. The molecule has 4 aliphatic carbocycles. The maximum absolute atomic E-state index is 13.9. The van der Waals surface area contributed by atoms with E-state index in [1.54, 1.807) is 47.1 Å². The van der Waals surface area contributed by atoms with Crippen molar-refractivity contribution in [2.75, 3.05) is 164 Å². The van der Waals surface area contributed by atoms with Gasteiger partial charge < -0.3 is 75.7 Å². The number of hydrogen-bond donors (Lipinski definition) is 8. The lowest BCUT2D eigenvalue weighted by Gasteiger charge is -2.59. The molecule has 0 spiro atoms. The molecule has 462 valence electrons. The van der Waals surface area contributed by atoms with Gasteiger partial charge in [-0.15, -0.1) is 0 Å². The Morgan fingerprint density at radius 1 is 0.675 bits per heavy atom. The van der Waals surface area contributed by atoms with Crippen molar-refractivity contribution in [1.29, 1.82) is 0 Å². The maximum Gasteiger partial charge on any atom is 0.330 e. The molecule has 4 bridgehead atoms. The number of rotatable bonds is 32. The highest BCUT2D eigenvalue weighted by Crippen LogP contribution is 2.58. The first-order valence-corrected chi connectivity index (χ1v) is 28.6. The van der Waals surface area contributed by atoms with Gasteiger partial charge in [0.2, 0.25) is 0 Å². The summed E-state index contributed by atoms with van der Waals surface area (Å²) in [6.07, 6.45) is 6.65. The van der Waals surface area contributed by atoms with Gasteiger partial charge in [0.05, 0.1) is 116 Å². The normalized spacial score (nSPS) is 22.0. The van der Waals surface area contributed by atoms with E-state index in [1.807, 2.05) is 23.1 Å². The summed E-state index contributed by atoms with van der Waals surface area (Å²) in [6, 6.07) is 11.3. The van der Waals surface area contributed by atoms with Crippen molar-refractivity contribution < 1.29 is 77.6 Å². The van der Waals surface area contributed by atoms with Gasteiger partial charge in [0.1, 0.15) is 23.3 Å². The minimum absolute atomic E-state index is 0.0872. The van der Waals surface area contributed by atoms with Gasteiger partial charge in [-0.1, -0.05) is 19.9 Å². The minimum atomic E-state index is -1.34. The third kappa shape index (κ3) is 21.4. The third-order valence-corrected chi connectivity index (χ3v) is 15.5. The zero-order valence-electron chi connectivity index (χ0n) is 48.7. The fraction of sp³-hybridized carbons (Fsp3) is 0.638. The highest BCUT2D eigenvalue weighted by atomic mass is 16.6. The maximum atomic E-state index is 13.9. The number of anilines is 1. The second-order valence-electron chi connectivity index (χ2n) is 21.6. The molecular weight excluding hydrogens is 1080 g/mol. The molecule has 10 N–H and O–H groups in total. The van der Waals surface area contributed by atoms with E-state index in [4.69, 9.17) is 60.2 Å². The van der Waals surface area contributed by atoms with Crippen LogP contribution in [0.5, 0.6) is 11.5 Å². The lowest BCUT2D eigenvalue weighted by Crippen LogP contribution is -2.70. The van der Waals surface area contributed by atoms with E-state index >= 15 is 0 Å². The average molecular weight is 1170 g/mol. The number of ether oxygens (including phenoxy) is 6. The van der Waals surface area contributed by atoms with Crippen LogP contribution in [0, 0.1) is 23.7 Å². The second-order valence-corrected chi connectivity index (χ2v) is 21.6. The molecule has 0 atom stereocenters. The van der Waals surface area contributed by atoms with Crippen LogP contribution in [0.2, 0.25) is 0 Å². The van der Waals surface area contributed by atoms with Crippen molar-refractivity contribution in [3.05, 3.63) is 59.3 Å². The van der Waals surface area contributed by atoms with Gasteiger partial charge in [-0.05, 0) is 104 Å². The quantitative estimate of drug-likeness (QED) is 0.0225. The van der Waals surface area contributed by atoms with E-state index in [-0.39, 0.29) is 49.6 Å². The van der Waals surface area contributed by atoms with Crippen LogP contribution >= 0.6 is 0 Å². The number of nitrogens with two attached hydrogens (primary N) is 2. The van der Waals surface area contributed by atoms with E-state index in [0.717, 1.165) is 49.6 Å². The molecule has 25 nitrogen and oxygen atoms in total. The molecule has 0 unspecified atom stereocenters. The lowest BCUT2D eigenvalue weighted by atomic mass is 9.48. The summed E-state index contributed by atoms with van der Waals surface area (Å²) < 4.78 is 33.5. The van der Waals surface area contributed by atoms with Crippen LogP contribution in [0.25, 0.3) is 0 Å². The number of nitrogens with zero attached hydrogens (tertiary/aromatic N) is 5. The molecular formula is C58H89N9O16. The van der Waals surface area contributed by atoms with E-state index < -0.39 is 35.3 Å². The smallest absolute Gasteiger partial charge is 0.330 e. The summed E-state index contributed by atoms with van der Waals surface area (Å²) in [5, 5.41) is 44.2. The first kappa shape index (κ1) is 67.5. The van der Waals surface area contributed by atoms with Crippen molar-refractivity contribution in [1.82, 2.24) is 24.9 Å². The number of allylic oxidation sites excluding steroid dienone is 1. The lowest BCUT2D eigenvalue weighted by molar-refractivity contribution is -0.167. The first-order chi connectivity index (χ1) is 39.9. The number of aldehydes is 1. The molecule has 2 aromatic rings. The van der Waals surface area contributed by atoms with Gasteiger partial charge in [-0.2, -0.15) is 0 Å². The number of nitrogens with one attached hydrogen (secondary N) is 2. The summed E-state index contributed by atoms with van der Waals surface area (Å²) in [5.74, 6) is -2.70. The van der Waals surface area contributed by atoms with Crippen LogP contribution in [-0.4, -0.2) is 246 Å². The highest BCUT2D eigenvalue weighted by Gasteiger charge is 2.62. The van der Waals surface area contributed by atoms with Crippen LogP contribution < -0.4 is 31.6 Å². The SMILES string of the molecule is COc1cccc(OC)c1C(/C=C(\N)C(=O)NC1(C(=O)O)C2CC3CC(C2)CC1C3)=Nc1ccc(NCCOCCOCCOCCOCCN)cc1C(C)C.O=CCN1CCN(CC(=O)O)CCN(CC(=O)O)CCN(CC(=O)O)CC1. The number of carboxylic acids is 4. The average Bonchev–Trinajstić information content (AvgIpc) is 1.95. The zero-order valence-corrected chi connectivity index (χ0v) is 48.7. The number of carboxylic acid groups (broad SMARTS) is 4. The number of carbonyl (C=O) groups excluding carboxylic acids is 2. The molecule has 1 heterocycles. The number of aliphatic imine (C=N–C) groups is 1. The fourth-order valence-corrected chi connectivity index (χ4v) is 11.7. The van der Waals surface area contributed by atoms with E-state index in [9.17, 15) is 33.9 Å². The van der Waals surface area contributed by atoms with Gasteiger partial charge in [0.15, 0.2) is 0 Å².